The summed E-state index contributed by atoms with van der Waals surface area (Å²) in [5, 5.41) is 13.8. The van der Waals surface area contributed by atoms with Crippen LogP contribution in [-0.4, -0.2) is 53.5 Å². The Hall–Kier alpha value is -3.07. The van der Waals surface area contributed by atoms with Crippen molar-refractivity contribution in [3.63, 3.8) is 0 Å². The molecule has 8 nitrogen and oxygen atoms in total. The minimum absolute atomic E-state index is 0.0342. The van der Waals surface area contributed by atoms with Gasteiger partial charge in [0.25, 0.3) is 0 Å². The highest BCUT2D eigenvalue weighted by atomic mass is 32.1. The predicted octanol–water partition coefficient (Wildman–Crippen LogP) is 4.32. The van der Waals surface area contributed by atoms with Crippen molar-refractivity contribution in [3.8, 4) is 16.6 Å². The van der Waals surface area contributed by atoms with E-state index in [0.717, 1.165) is 71.1 Å². The van der Waals surface area contributed by atoms with Gasteiger partial charge in [-0.05, 0) is 76.8 Å². The normalized spacial score (nSPS) is 14.2. The number of aryl methyl sites for hydroxylation is 2. The summed E-state index contributed by atoms with van der Waals surface area (Å²) in [6.45, 7) is 11.5. The van der Waals surface area contributed by atoms with Crippen molar-refractivity contribution in [2.45, 2.75) is 47.0 Å². The largest absolute Gasteiger partial charge is 0.490 e. The lowest BCUT2D eigenvalue weighted by molar-refractivity contribution is -0.125. The number of rotatable bonds is 10. The molecule has 0 saturated carbocycles. The van der Waals surface area contributed by atoms with Crippen molar-refractivity contribution in [3.05, 3.63) is 47.3 Å². The molecule has 9 heteroatoms. The van der Waals surface area contributed by atoms with Crippen LogP contribution in [0, 0.1) is 19.8 Å². The van der Waals surface area contributed by atoms with Gasteiger partial charge in [-0.1, -0.05) is 17.4 Å². The summed E-state index contributed by atoms with van der Waals surface area (Å²) in [5.74, 6) is 1.69. The van der Waals surface area contributed by atoms with Crippen LogP contribution in [-0.2, 0) is 11.2 Å². The standard InChI is InChI=1S/C26H35N5O3S/c1-5-33-22-10-9-20(17-23(22)34-6-2)11-14-27-24(32)21-12-15-30(16-13-21)25-28-29-26(35-25)31-18(3)7-8-19(31)4/h7-10,17,21H,5-6,11-16H2,1-4H3,(H,27,32). The van der Waals surface area contributed by atoms with E-state index >= 15 is 0 Å². The molecule has 2 aromatic heterocycles. The maximum Gasteiger partial charge on any atom is 0.223 e. The molecule has 35 heavy (non-hydrogen) atoms. The Morgan fingerprint density at radius 3 is 2.34 bits per heavy atom. The number of anilines is 1. The molecule has 1 aliphatic rings. The topological polar surface area (TPSA) is 81.5 Å². The monoisotopic (exact) mass is 497 g/mol. The number of carbonyl (C=O) groups excluding carboxylic acids is 1. The van der Waals surface area contributed by atoms with Gasteiger partial charge in [-0.3, -0.25) is 9.36 Å². The lowest BCUT2D eigenvalue weighted by Crippen LogP contribution is -2.41. The first-order valence-electron chi connectivity index (χ1n) is 12.4. The quantitative estimate of drug-likeness (QED) is 0.449. The predicted molar refractivity (Wildman–Crippen MR) is 139 cm³/mol. The number of aromatic nitrogens is 3. The number of amides is 1. The Kier molecular flexibility index (Phi) is 8.28. The number of hydrogen-bond acceptors (Lipinski definition) is 7. The van der Waals surface area contributed by atoms with Crippen molar-refractivity contribution in [1.82, 2.24) is 20.1 Å². The van der Waals surface area contributed by atoms with Crippen LogP contribution in [0.15, 0.2) is 30.3 Å². The molecule has 1 saturated heterocycles. The summed E-state index contributed by atoms with van der Waals surface area (Å²) < 4.78 is 13.5. The molecular weight excluding hydrogens is 462 g/mol. The van der Waals surface area contributed by atoms with Crippen molar-refractivity contribution < 1.29 is 14.3 Å². The van der Waals surface area contributed by atoms with Crippen molar-refractivity contribution in [2.24, 2.45) is 5.92 Å². The molecule has 1 aromatic carbocycles. The fourth-order valence-corrected chi connectivity index (χ4v) is 5.47. The maximum absolute atomic E-state index is 12.8. The molecule has 188 valence electrons. The number of nitrogens with one attached hydrogen (secondary N) is 1. The molecule has 0 radical (unpaired) electrons. The van der Waals surface area contributed by atoms with Crippen molar-refractivity contribution in [2.75, 3.05) is 37.7 Å². The van der Waals surface area contributed by atoms with E-state index in [2.05, 4.69) is 51.0 Å². The summed E-state index contributed by atoms with van der Waals surface area (Å²) in [4.78, 5) is 15.0. The zero-order valence-corrected chi connectivity index (χ0v) is 21.9. The SMILES string of the molecule is CCOc1ccc(CCNC(=O)C2CCN(c3nnc(-n4c(C)ccc4C)s3)CC2)cc1OCC. The molecule has 3 aromatic rings. The van der Waals surface area contributed by atoms with Gasteiger partial charge in [-0.25, -0.2) is 0 Å². The van der Waals surface area contributed by atoms with Crippen LogP contribution in [0.3, 0.4) is 0 Å². The Bertz CT molecular complexity index is 1110. The third kappa shape index (κ3) is 5.96. The zero-order chi connectivity index (χ0) is 24.8. The van der Waals surface area contributed by atoms with Crippen LogP contribution in [0.4, 0.5) is 5.13 Å². The van der Waals surface area contributed by atoms with Gasteiger partial charge in [-0.15, -0.1) is 10.2 Å². The average molecular weight is 498 g/mol. The van der Waals surface area contributed by atoms with E-state index in [4.69, 9.17) is 9.47 Å². The third-order valence-electron chi connectivity index (χ3n) is 6.32. The summed E-state index contributed by atoms with van der Waals surface area (Å²) in [7, 11) is 0. The molecule has 3 heterocycles. The van der Waals surface area contributed by atoms with E-state index in [1.54, 1.807) is 11.3 Å². The number of ether oxygens (including phenoxy) is 2. The first kappa shape index (κ1) is 25.0. The van der Waals surface area contributed by atoms with Crippen LogP contribution in [0.1, 0.15) is 43.6 Å². The highest BCUT2D eigenvalue weighted by Crippen LogP contribution is 2.30. The second kappa shape index (κ2) is 11.6. The van der Waals surface area contributed by atoms with Gasteiger partial charge in [-0.2, -0.15) is 0 Å². The van der Waals surface area contributed by atoms with Gasteiger partial charge >= 0.3 is 0 Å². The molecule has 4 rings (SSSR count). The fourth-order valence-electron chi connectivity index (χ4n) is 4.45. The third-order valence-corrected chi connectivity index (χ3v) is 7.29. The zero-order valence-electron chi connectivity index (χ0n) is 21.0. The van der Waals surface area contributed by atoms with Crippen molar-refractivity contribution in [1.29, 1.82) is 0 Å². The Morgan fingerprint density at radius 2 is 1.66 bits per heavy atom. The molecule has 0 atom stereocenters. The maximum atomic E-state index is 12.8. The molecule has 1 N–H and O–H groups in total. The van der Waals surface area contributed by atoms with E-state index in [-0.39, 0.29) is 11.8 Å². The van der Waals surface area contributed by atoms with Gasteiger partial charge < -0.3 is 19.7 Å². The molecule has 0 bridgehead atoms. The Balaban J connectivity index is 1.25. The van der Waals surface area contributed by atoms with Crippen LogP contribution >= 0.6 is 11.3 Å². The van der Waals surface area contributed by atoms with E-state index in [1.807, 2.05) is 32.0 Å². The summed E-state index contributed by atoms with van der Waals surface area (Å²) >= 11 is 1.60. The molecular formula is C26H35N5O3S. The Morgan fingerprint density at radius 1 is 1.00 bits per heavy atom. The smallest absolute Gasteiger partial charge is 0.223 e. The van der Waals surface area contributed by atoms with Crippen molar-refractivity contribution >= 4 is 22.4 Å². The molecule has 0 aliphatic carbocycles. The van der Waals surface area contributed by atoms with E-state index in [9.17, 15) is 4.79 Å². The fraction of sp³-hybridized carbons (Fsp3) is 0.500. The highest BCUT2D eigenvalue weighted by molar-refractivity contribution is 7.17. The van der Waals surface area contributed by atoms with Crippen LogP contribution in [0.5, 0.6) is 11.5 Å². The Labute approximate surface area is 211 Å². The van der Waals surface area contributed by atoms with Crippen LogP contribution in [0.25, 0.3) is 5.13 Å². The van der Waals surface area contributed by atoms with Gasteiger partial charge in [0.2, 0.25) is 16.2 Å². The number of piperidine rings is 1. The van der Waals surface area contributed by atoms with Crippen LogP contribution in [0.2, 0.25) is 0 Å². The minimum atomic E-state index is 0.0342. The highest BCUT2D eigenvalue weighted by Gasteiger charge is 2.27. The molecule has 1 aliphatic heterocycles. The van der Waals surface area contributed by atoms with Gasteiger partial charge in [0.1, 0.15) is 0 Å². The lowest BCUT2D eigenvalue weighted by atomic mass is 9.96. The minimum Gasteiger partial charge on any atom is -0.490 e. The van der Waals surface area contributed by atoms with Gasteiger partial charge in [0, 0.05) is 36.9 Å². The summed E-state index contributed by atoms with van der Waals surface area (Å²) in [6, 6.07) is 10.2. The first-order valence-corrected chi connectivity index (χ1v) is 13.2. The summed E-state index contributed by atoms with van der Waals surface area (Å²) in [5.41, 5.74) is 3.42. The number of hydrogen-bond donors (Lipinski definition) is 1. The van der Waals surface area contributed by atoms with Gasteiger partial charge in [0.15, 0.2) is 11.5 Å². The molecule has 1 fully saturated rings. The van der Waals surface area contributed by atoms with Gasteiger partial charge in [0.05, 0.1) is 13.2 Å². The first-order chi connectivity index (χ1) is 17.0. The average Bonchev–Trinajstić information content (AvgIpc) is 3.47. The van der Waals surface area contributed by atoms with E-state index in [1.165, 1.54) is 0 Å². The number of nitrogens with zero attached hydrogens (tertiary/aromatic N) is 4. The molecule has 1 amide bonds. The molecule has 0 spiro atoms. The van der Waals surface area contributed by atoms with Crippen LogP contribution < -0.4 is 19.7 Å². The second-order valence-corrected chi connectivity index (χ2v) is 9.70. The summed E-state index contributed by atoms with van der Waals surface area (Å²) in [6.07, 6.45) is 2.39. The number of benzene rings is 1. The second-order valence-electron chi connectivity index (χ2n) is 8.77. The number of carbonyl (C=O) groups is 1. The van der Waals surface area contributed by atoms with E-state index in [0.29, 0.717) is 19.8 Å². The van der Waals surface area contributed by atoms with E-state index < -0.39 is 0 Å². The lowest BCUT2D eigenvalue weighted by Gasteiger charge is -2.30. The molecule has 0 unspecified atom stereocenters.